The van der Waals surface area contributed by atoms with E-state index in [1.165, 1.54) is 0 Å². The summed E-state index contributed by atoms with van der Waals surface area (Å²) < 4.78 is 6.40. The minimum atomic E-state index is -1.71. The summed E-state index contributed by atoms with van der Waals surface area (Å²) in [7, 11) is -1.71. The lowest BCUT2D eigenvalue weighted by Crippen LogP contribution is -2.42. The van der Waals surface area contributed by atoms with E-state index in [0.717, 1.165) is 18.2 Å². The van der Waals surface area contributed by atoms with Crippen LogP contribution in [0.5, 0.6) is 0 Å². The highest BCUT2D eigenvalue weighted by Gasteiger charge is 2.37. The molecule has 0 aliphatic heterocycles. The van der Waals surface area contributed by atoms with Crippen molar-refractivity contribution >= 4 is 20.1 Å². The van der Waals surface area contributed by atoms with Crippen LogP contribution in [-0.2, 0) is 4.43 Å². The summed E-state index contributed by atoms with van der Waals surface area (Å²) >= 11 is 1.72. The van der Waals surface area contributed by atoms with Crippen LogP contribution in [-0.4, -0.2) is 30.1 Å². The fourth-order valence-corrected chi connectivity index (χ4v) is 3.77. The Morgan fingerprint density at radius 3 is 2.41 bits per heavy atom. The van der Waals surface area contributed by atoms with Gasteiger partial charge in [0.25, 0.3) is 0 Å². The largest absolute Gasteiger partial charge is 0.416 e. The maximum Gasteiger partial charge on any atom is 0.191 e. The van der Waals surface area contributed by atoms with Crippen LogP contribution in [0.2, 0.25) is 18.1 Å². The highest BCUT2D eigenvalue weighted by molar-refractivity contribution is 7.99. The number of aromatic nitrogens is 2. The van der Waals surface area contributed by atoms with E-state index in [2.05, 4.69) is 57.3 Å². The fourth-order valence-electron chi connectivity index (χ4n) is 1.75. The first-order valence-corrected chi connectivity index (χ1v) is 11.6. The summed E-state index contributed by atoms with van der Waals surface area (Å²) in [6.45, 7) is 18.3. The van der Waals surface area contributed by atoms with Gasteiger partial charge in [-0.15, -0.1) is 6.58 Å². The van der Waals surface area contributed by atoms with Crippen molar-refractivity contribution in [3.8, 4) is 0 Å². The third kappa shape index (κ3) is 5.86. The van der Waals surface area contributed by atoms with Crippen molar-refractivity contribution in [2.24, 2.45) is 5.92 Å². The first kappa shape index (κ1) is 19.4. The molecule has 0 saturated carbocycles. The van der Waals surface area contributed by atoms with Gasteiger partial charge in [0.1, 0.15) is 0 Å². The molecular weight excluding hydrogens is 308 g/mol. The minimum absolute atomic E-state index is 0.241. The smallest absolute Gasteiger partial charge is 0.191 e. The summed E-state index contributed by atoms with van der Waals surface area (Å²) in [6.07, 6.45) is 6.52. The van der Waals surface area contributed by atoms with E-state index in [0.29, 0.717) is 11.2 Å². The third-order valence-corrected chi connectivity index (χ3v) is 10.1. The van der Waals surface area contributed by atoms with Crippen molar-refractivity contribution in [2.45, 2.75) is 62.7 Å². The molecule has 0 fully saturated rings. The average molecular weight is 339 g/mol. The molecule has 124 valence electrons. The standard InChI is InChI=1S/C17H30N2OSSi/c1-8-10-15(13-20-22(6,7)17(3,4)5)14(2)21-16-18-11-9-12-19-16/h8-9,11-12,14-15H,1,10,13H2,2-7H3/t14-,15-/m1/s1. The predicted octanol–water partition coefficient (Wildman–Crippen LogP) is 5.17. The molecule has 2 atom stereocenters. The molecule has 0 bridgehead atoms. The molecule has 1 aromatic heterocycles. The van der Waals surface area contributed by atoms with Crippen LogP contribution < -0.4 is 0 Å². The highest BCUT2D eigenvalue weighted by Crippen LogP contribution is 2.37. The third-order valence-electron chi connectivity index (χ3n) is 4.43. The molecular formula is C17H30N2OSSi. The monoisotopic (exact) mass is 338 g/mol. The Bertz CT molecular complexity index is 459. The Morgan fingerprint density at radius 1 is 1.32 bits per heavy atom. The van der Waals surface area contributed by atoms with Crippen LogP contribution >= 0.6 is 11.8 Å². The van der Waals surface area contributed by atoms with E-state index in [1.807, 2.05) is 12.1 Å². The Morgan fingerprint density at radius 2 is 1.91 bits per heavy atom. The first-order valence-electron chi connectivity index (χ1n) is 7.86. The zero-order valence-corrected chi connectivity index (χ0v) is 16.6. The molecule has 0 amide bonds. The van der Waals surface area contributed by atoms with Gasteiger partial charge in [0.15, 0.2) is 13.5 Å². The lowest BCUT2D eigenvalue weighted by atomic mass is 10.0. The van der Waals surface area contributed by atoms with E-state index in [1.54, 1.807) is 24.2 Å². The highest BCUT2D eigenvalue weighted by atomic mass is 32.2. The topological polar surface area (TPSA) is 35.0 Å². The second-order valence-corrected chi connectivity index (χ2v) is 13.4. The Labute approximate surface area is 141 Å². The Hall–Kier alpha value is -0.653. The van der Waals surface area contributed by atoms with Crippen molar-refractivity contribution in [1.29, 1.82) is 0 Å². The summed E-state index contributed by atoms with van der Waals surface area (Å²) in [5, 5.41) is 1.46. The van der Waals surface area contributed by atoms with Gasteiger partial charge < -0.3 is 4.43 Å². The predicted molar refractivity (Wildman–Crippen MR) is 98.8 cm³/mol. The number of hydrogen-bond donors (Lipinski definition) is 0. The van der Waals surface area contributed by atoms with Gasteiger partial charge in [0.05, 0.1) is 0 Å². The maximum absolute atomic E-state index is 6.40. The van der Waals surface area contributed by atoms with Gasteiger partial charge in [0.2, 0.25) is 0 Å². The number of nitrogens with zero attached hydrogens (tertiary/aromatic N) is 2. The average Bonchev–Trinajstić information content (AvgIpc) is 2.43. The second-order valence-electron chi connectivity index (χ2n) is 7.21. The second kappa shape index (κ2) is 8.27. The first-order chi connectivity index (χ1) is 10.2. The van der Waals surface area contributed by atoms with Crippen molar-refractivity contribution in [3.05, 3.63) is 31.1 Å². The Kier molecular flexibility index (Phi) is 7.29. The van der Waals surface area contributed by atoms with Gasteiger partial charge in [-0.25, -0.2) is 9.97 Å². The molecule has 0 N–H and O–H groups in total. The van der Waals surface area contributed by atoms with E-state index in [9.17, 15) is 0 Å². The summed E-state index contributed by atoms with van der Waals surface area (Å²) in [4.78, 5) is 8.61. The van der Waals surface area contributed by atoms with Crippen molar-refractivity contribution in [3.63, 3.8) is 0 Å². The summed E-state index contributed by atoms with van der Waals surface area (Å²) in [5.41, 5.74) is 0. The molecule has 1 heterocycles. The number of hydrogen-bond acceptors (Lipinski definition) is 4. The van der Waals surface area contributed by atoms with Crippen LogP contribution in [0.4, 0.5) is 0 Å². The molecule has 0 aliphatic carbocycles. The van der Waals surface area contributed by atoms with E-state index in [-0.39, 0.29) is 5.04 Å². The Balaban J connectivity index is 2.67. The lowest BCUT2D eigenvalue weighted by molar-refractivity contribution is 0.228. The van der Waals surface area contributed by atoms with Crippen LogP contribution in [0.3, 0.4) is 0 Å². The van der Waals surface area contributed by atoms with Crippen molar-refractivity contribution in [1.82, 2.24) is 9.97 Å². The van der Waals surface area contributed by atoms with Gasteiger partial charge in [-0.05, 0) is 36.5 Å². The molecule has 0 spiro atoms. The molecule has 22 heavy (non-hydrogen) atoms. The van der Waals surface area contributed by atoms with Gasteiger partial charge in [0, 0.05) is 24.3 Å². The zero-order chi connectivity index (χ0) is 16.8. The van der Waals surface area contributed by atoms with Gasteiger partial charge >= 0.3 is 0 Å². The molecule has 0 aliphatic rings. The van der Waals surface area contributed by atoms with Gasteiger partial charge in [-0.3, -0.25) is 0 Å². The minimum Gasteiger partial charge on any atom is -0.416 e. The van der Waals surface area contributed by atoms with Crippen LogP contribution in [0.25, 0.3) is 0 Å². The summed E-state index contributed by atoms with van der Waals surface area (Å²) in [5.74, 6) is 0.431. The molecule has 0 aromatic carbocycles. The molecule has 5 heteroatoms. The van der Waals surface area contributed by atoms with E-state index in [4.69, 9.17) is 4.43 Å². The number of thioether (sulfide) groups is 1. The number of rotatable bonds is 8. The number of allylic oxidation sites excluding steroid dienone is 1. The molecule has 0 unspecified atom stereocenters. The van der Waals surface area contributed by atoms with Gasteiger partial charge in [-0.2, -0.15) is 0 Å². The van der Waals surface area contributed by atoms with Gasteiger partial charge in [-0.1, -0.05) is 45.5 Å². The molecule has 1 rings (SSSR count). The SMILES string of the molecule is C=CC[C@H](CO[Si](C)(C)C(C)(C)C)[C@@H](C)Sc1ncccn1. The lowest BCUT2D eigenvalue weighted by Gasteiger charge is -2.38. The van der Waals surface area contributed by atoms with Crippen LogP contribution in [0, 0.1) is 5.92 Å². The van der Waals surface area contributed by atoms with Crippen molar-refractivity contribution in [2.75, 3.05) is 6.61 Å². The maximum atomic E-state index is 6.40. The zero-order valence-electron chi connectivity index (χ0n) is 14.8. The summed E-state index contributed by atoms with van der Waals surface area (Å²) in [6, 6.07) is 1.84. The fraction of sp³-hybridized carbons (Fsp3) is 0.647. The van der Waals surface area contributed by atoms with E-state index < -0.39 is 8.32 Å². The normalized spacial score (nSPS) is 15.4. The molecule has 1 aromatic rings. The van der Waals surface area contributed by atoms with E-state index >= 15 is 0 Å². The molecule has 3 nitrogen and oxygen atoms in total. The molecule has 0 saturated heterocycles. The van der Waals surface area contributed by atoms with Crippen molar-refractivity contribution < 1.29 is 4.43 Å². The van der Waals surface area contributed by atoms with Crippen LogP contribution in [0.15, 0.2) is 36.3 Å². The van der Waals surface area contributed by atoms with Crippen LogP contribution in [0.1, 0.15) is 34.1 Å². The quantitative estimate of drug-likeness (QED) is 0.283. The molecule has 0 radical (unpaired) electrons.